The summed E-state index contributed by atoms with van der Waals surface area (Å²) in [6.07, 6.45) is 78.9. The van der Waals surface area contributed by atoms with Gasteiger partial charge in [-0.3, -0.25) is 14.4 Å². The van der Waals surface area contributed by atoms with Crippen LogP contribution in [0.25, 0.3) is 0 Å². The fourth-order valence-electron chi connectivity index (χ4n) is 7.46. The third kappa shape index (κ3) is 54.7. The second kappa shape index (κ2) is 57.4. The van der Waals surface area contributed by atoms with Crippen molar-refractivity contribution in [2.75, 3.05) is 13.2 Å². The summed E-state index contributed by atoms with van der Waals surface area (Å²) in [4.78, 5) is 38.2. The monoisotopic (exact) mass is 969 g/mol. The molecule has 1 atom stereocenters. The molecule has 0 aliphatic heterocycles. The third-order valence-corrected chi connectivity index (χ3v) is 11.8. The van der Waals surface area contributed by atoms with Crippen LogP contribution in [0.3, 0.4) is 0 Å². The van der Waals surface area contributed by atoms with Gasteiger partial charge in [-0.2, -0.15) is 0 Å². The molecule has 6 heteroatoms. The molecule has 0 saturated carbocycles. The molecule has 0 N–H and O–H groups in total. The molecule has 0 aromatic carbocycles. The summed E-state index contributed by atoms with van der Waals surface area (Å²) in [6.45, 7) is 6.45. The molecular formula is C64H104O6. The number of hydrogen-bond donors (Lipinski definition) is 0. The average molecular weight is 970 g/mol. The van der Waals surface area contributed by atoms with E-state index in [9.17, 15) is 14.4 Å². The van der Waals surface area contributed by atoms with Crippen molar-refractivity contribution < 1.29 is 28.6 Å². The molecule has 0 fully saturated rings. The topological polar surface area (TPSA) is 78.9 Å². The minimum atomic E-state index is -0.823. The van der Waals surface area contributed by atoms with Gasteiger partial charge in [-0.25, -0.2) is 0 Å². The number of ether oxygens (including phenoxy) is 3. The predicted octanol–water partition coefficient (Wildman–Crippen LogP) is 19.3. The first-order valence-electron chi connectivity index (χ1n) is 28.6. The number of carbonyl (C=O) groups excluding carboxylic acids is 3. The Kier molecular flexibility index (Phi) is 54.0. The number of allylic oxidation sites excluding steroid dienone is 20. The van der Waals surface area contributed by atoms with Crippen molar-refractivity contribution in [3.63, 3.8) is 0 Å². The zero-order valence-electron chi connectivity index (χ0n) is 45.2. The molecule has 0 saturated heterocycles. The van der Waals surface area contributed by atoms with Crippen molar-refractivity contribution in [2.45, 2.75) is 252 Å². The Morgan fingerprint density at radius 2 is 0.614 bits per heavy atom. The summed E-state index contributed by atoms with van der Waals surface area (Å²) in [7, 11) is 0. The van der Waals surface area contributed by atoms with Crippen LogP contribution < -0.4 is 0 Å². The van der Waals surface area contributed by atoms with Crippen LogP contribution in [0.2, 0.25) is 0 Å². The first-order chi connectivity index (χ1) is 34.5. The SMILES string of the molecule is CCC\C=C/C=C\C=C/C=C\C=C/CCCCCCCC(=O)OCC(COC(=O)CCCCCCCCC/C=C\CCCCCCCC)OC(=O)CCC/C=C\C/C=C\C/C=C\C/C=C\CCCCC. The molecule has 0 rings (SSSR count). The van der Waals surface area contributed by atoms with E-state index in [2.05, 4.69) is 118 Å². The first kappa shape index (κ1) is 65.8. The molecule has 0 bridgehead atoms. The highest BCUT2D eigenvalue weighted by molar-refractivity contribution is 5.71. The Hall–Kier alpha value is -4.19. The van der Waals surface area contributed by atoms with Crippen LogP contribution >= 0.6 is 0 Å². The van der Waals surface area contributed by atoms with Crippen LogP contribution in [0.4, 0.5) is 0 Å². The van der Waals surface area contributed by atoms with Gasteiger partial charge in [0.15, 0.2) is 6.10 Å². The number of hydrogen-bond acceptors (Lipinski definition) is 6. The van der Waals surface area contributed by atoms with Crippen molar-refractivity contribution in [3.05, 3.63) is 122 Å². The zero-order chi connectivity index (χ0) is 50.7. The van der Waals surface area contributed by atoms with Gasteiger partial charge in [0.2, 0.25) is 0 Å². The lowest BCUT2D eigenvalue weighted by molar-refractivity contribution is -0.167. The van der Waals surface area contributed by atoms with Gasteiger partial charge in [0.25, 0.3) is 0 Å². The van der Waals surface area contributed by atoms with Crippen LogP contribution in [-0.4, -0.2) is 37.2 Å². The Morgan fingerprint density at radius 3 is 1.07 bits per heavy atom. The summed E-state index contributed by atoms with van der Waals surface area (Å²) in [5.41, 5.74) is 0. The molecule has 1 unspecified atom stereocenters. The van der Waals surface area contributed by atoms with E-state index < -0.39 is 6.10 Å². The van der Waals surface area contributed by atoms with Crippen molar-refractivity contribution >= 4 is 17.9 Å². The van der Waals surface area contributed by atoms with E-state index >= 15 is 0 Å². The fourth-order valence-corrected chi connectivity index (χ4v) is 7.46. The Labute approximate surface area is 431 Å². The molecule has 70 heavy (non-hydrogen) atoms. The molecule has 0 aromatic heterocycles. The van der Waals surface area contributed by atoms with E-state index in [-0.39, 0.29) is 37.5 Å². The van der Waals surface area contributed by atoms with Gasteiger partial charge in [-0.1, -0.05) is 245 Å². The Morgan fingerprint density at radius 1 is 0.300 bits per heavy atom. The summed E-state index contributed by atoms with van der Waals surface area (Å²) in [5.74, 6) is -1.00. The van der Waals surface area contributed by atoms with Crippen molar-refractivity contribution in [2.24, 2.45) is 0 Å². The van der Waals surface area contributed by atoms with Gasteiger partial charge in [0.1, 0.15) is 13.2 Å². The lowest BCUT2D eigenvalue weighted by Crippen LogP contribution is -2.30. The third-order valence-electron chi connectivity index (χ3n) is 11.8. The van der Waals surface area contributed by atoms with Crippen molar-refractivity contribution in [3.8, 4) is 0 Å². The highest BCUT2D eigenvalue weighted by Gasteiger charge is 2.19. The number of esters is 3. The van der Waals surface area contributed by atoms with Crippen molar-refractivity contribution in [1.29, 1.82) is 0 Å². The standard InChI is InChI=1S/C64H104O6/c1-4-7-10-13-16-19-22-25-28-31-34-36-39-42-45-48-51-54-57-63(66)69-60-61(70-64(67)58-55-52-49-46-43-40-37-33-30-27-24-21-18-15-12-9-6-3)59-68-62(65)56-53-50-47-44-41-38-35-32-29-26-23-20-17-14-11-8-5-2/h10,13,16,18-19,21-22,25-31,34,36-37,40,46,49,61H,4-9,11-12,14-15,17,20,23-24,32-33,35,38-39,41-45,47-48,50-60H2,1-3H3/b13-10-,19-16-,21-18-,25-22-,29-26-,30-27-,31-28-,36-34-,40-37-,49-46-. The highest BCUT2D eigenvalue weighted by atomic mass is 16.6. The van der Waals surface area contributed by atoms with E-state index in [1.165, 1.54) is 109 Å². The smallest absolute Gasteiger partial charge is 0.306 e. The second-order valence-electron chi connectivity index (χ2n) is 18.6. The highest BCUT2D eigenvalue weighted by Crippen LogP contribution is 2.14. The molecule has 0 spiro atoms. The number of carbonyl (C=O) groups is 3. The molecule has 6 nitrogen and oxygen atoms in total. The van der Waals surface area contributed by atoms with Crippen LogP contribution in [0.15, 0.2) is 122 Å². The van der Waals surface area contributed by atoms with Crippen LogP contribution in [0, 0.1) is 0 Å². The molecule has 0 amide bonds. The number of unbranched alkanes of at least 4 members (excludes halogenated alkanes) is 23. The summed E-state index contributed by atoms with van der Waals surface area (Å²) < 4.78 is 16.8. The Balaban J connectivity index is 4.55. The molecule has 0 aromatic rings. The molecular weight excluding hydrogens is 865 g/mol. The zero-order valence-corrected chi connectivity index (χ0v) is 45.2. The lowest BCUT2D eigenvalue weighted by atomic mass is 10.1. The summed E-state index contributed by atoms with van der Waals surface area (Å²) >= 11 is 0. The van der Waals surface area contributed by atoms with E-state index in [1.54, 1.807) is 0 Å². The average Bonchev–Trinajstić information content (AvgIpc) is 3.36. The van der Waals surface area contributed by atoms with E-state index in [0.717, 1.165) is 89.9 Å². The summed E-state index contributed by atoms with van der Waals surface area (Å²) in [6, 6.07) is 0. The normalized spacial score (nSPS) is 13.0. The minimum absolute atomic E-state index is 0.113. The molecule has 0 radical (unpaired) electrons. The lowest BCUT2D eigenvalue weighted by Gasteiger charge is -2.18. The number of rotatable bonds is 50. The molecule has 0 heterocycles. The molecule has 0 aliphatic carbocycles. The maximum atomic E-state index is 12.8. The fraction of sp³-hybridized carbons (Fsp3) is 0.641. The van der Waals surface area contributed by atoms with E-state index in [4.69, 9.17) is 14.2 Å². The van der Waals surface area contributed by atoms with Crippen LogP contribution in [0.1, 0.15) is 245 Å². The van der Waals surface area contributed by atoms with Gasteiger partial charge >= 0.3 is 17.9 Å². The van der Waals surface area contributed by atoms with Gasteiger partial charge in [-0.05, 0) is 103 Å². The van der Waals surface area contributed by atoms with Gasteiger partial charge < -0.3 is 14.2 Å². The first-order valence-corrected chi connectivity index (χ1v) is 28.6. The van der Waals surface area contributed by atoms with E-state index in [1.807, 2.05) is 24.3 Å². The van der Waals surface area contributed by atoms with Crippen LogP contribution in [0.5, 0.6) is 0 Å². The van der Waals surface area contributed by atoms with Crippen LogP contribution in [-0.2, 0) is 28.6 Å². The minimum Gasteiger partial charge on any atom is -0.462 e. The largest absolute Gasteiger partial charge is 0.462 e. The van der Waals surface area contributed by atoms with Gasteiger partial charge in [0.05, 0.1) is 0 Å². The quantitative estimate of drug-likeness (QED) is 0.0199. The second-order valence-corrected chi connectivity index (χ2v) is 18.6. The molecule has 396 valence electrons. The van der Waals surface area contributed by atoms with Gasteiger partial charge in [0, 0.05) is 19.3 Å². The Bertz CT molecular complexity index is 1490. The maximum absolute atomic E-state index is 12.8. The van der Waals surface area contributed by atoms with Gasteiger partial charge in [-0.15, -0.1) is 0 Å². The molecule has 0 aliphatic rings. The maximum Gasteiger partial charge on any atom is 0.306 e. The summed E-state index contributed by atoms with van der Waals surface area (Å²) in [5, 5.41) is 0. The van der Waals surface area contributed by atoms with Crippen molar-refractivity contribution in [1.82, 2.24) is 0 Å². The van der Waals surface area contributed by atoms with E-state index in [0.29, 0.717) is 19.3 Å². The predicted molar refractivity (Wildman–Crippen MR) is 302 cm³/mol.